The molecule has 0 radical (unpaired) electrons. The Morgan fingerprint density at radius 1 is 1.04 bits per heavy atom. The molecule has 0 unspecified atom stereocenters. The van der Waals surface area contributed by atoms with Crippen molar-refractivity contribution in [3.8, 4) is 0 Å². The lowest BCUT2D eigenvalue weighted by Gasteiger charge is -2.12. The van der Waals surface area contributed by atoms with E-state index in [2.05, 4.69) is 0 Å². The topological polar surface area (TPSA) is 71.5 Å². The van der Waals surface area contributed by atoms with Gasteiger partial charge >= 0.3 is 0 Å². The number of rotatable bonds is 4. The van der Waals surface area contributed by atoms with Crippen LogP contribution < -0.4 is 0 Å². The van der Waals surface area contributed by atoms with Gasteiger partial charge in [-0.1, -0.05) is 41.4 Å². The number of nitrogens with zero attached hydrogens (tertiary/aromatic N) is 1. The van der Waals surface area contributed by atoms with Gasteiger partial charge in [-0.15, -0.1) is 0 Å². The van der Waals surface area contributed by atoms with Gasteiger partial charge in [-0.2, -0.15) is 0 Å². The fraction of sp³-hybridized carbons (Fsp3) is 0.111. The van der Waals surface area contributed by atoms with Crippen molar-refractivity contribution in [2.75, 3.05) is 6.26 Å². The standard InChI is InChI=1S/C18H13Cl2NO4S2/c1-27(24,25)13-5-2-11(3-6-13)9-16-17(22)21(18(23)26-16)10-12-4-7-14(19)15(20)8-12/h2-9H,10H2,1H3. The molecule has 1 saturated heterocycles. The van der Waals surface area contributed by atoms with Gasteiger partial charge in [0.05, 0.1) is 26.4 Å². The minimum atomic E-state index is -3.29. The van der Waals surface area contributed by atoms with Crippen LogP contribution in [0.5, 0.6) is 0 Å². The van der Waals surface area contributed by atoms with E-state index in [1.54, 1.807) is 36.4 Å². The van der Waals surface area contributed by atoms with Gasteiger partial charge in [0, 0.05) is 6.26 Å². The Balaban J connectivity index is 1.80. The molecule has 0 N–H and O–H groups in total. The van der Waals surface area contributed by atoms with Crippen LogP contribution >= 0.6 is 35.0 Å². The van der Waals surface area contributed by atoms with E-state index in [4.69, 9.17) is 23.2 Å². The summed E-state index contributed by atoms with van der Waals surface area (Å²) >= 11 is 12.7. The monoisotopic (exact) mass is 441 g/mol. The number of amides is 2. The molecule has 2 aromatic rings. The third kappa shape index (κ3) is 4.55. The van der Waals surface area contributed by atoms with Gasteiger partial charge in [0.1, 0.15) is 0 Å². The van der Waals surface area contributed by atoms with E-state index in [0.717, 1.165) is 22.9 Å². The predicted molar refractivity (Wildman–Crippen MR) is 108 cm³/mol. The first kappa shape index (κ1) is 19.9. The van der Waals surface area contributed by atoms with Gasteiger partial charge in [0.15, 0.2) is 9.84 Å². The molecule has 1 heterocycles. The summed E-state index contributed by atoms with van der Waals surface area (Å²) in [4.78, 5) is 26.4. The van der Waals surface area contributed by atoms with Gasteiger partial charge in [-0.25, -0.2) is 8.42 Å². The van der Waals surface area contributed by atoms with Crippen molar-refractivity contribution in [2.45, 2.75) is 11.4 Å². The SMILES string of the molecule is CS(=O)(=O)c1ccc(C=C2SC(=O)N(Cc3ccc(Cl)c(Cl)c3)C2=O)cc1. The van der Waals surface area contributed by atoms with Crippen molar-refractivity contribution >= 4 is 62.0 Å². The second-order valence-corrected chi connectivity index (χ2v) is 9.68. The molecule has 0 aromatic heterocycles. The molecule has 0 bridgehead atoms. The van der Waals surface area contributed by atoms with Gasteiger partial charge < -0.3 is 0 Å². The number of thioether (sulfide) groups is 1. The lowest BCUT2D eigenvalue weighted by Crippen LogP contribution is -2.27. The summed E-state index contributed by atoms with van der Waals surface area (Å²) in [5.41, 5.74) is 1.31. The first-order valence-electron chi connectivity index (χ1n) is 7.64. The minimum absolute atomic E-state index is 0.0892. The van der Waals surface area contributed by atoms with E-state index < -0.39 is 15.7 Å². The van der Waals surface area contributed by atoms with Crippen LogP contribution in [0.2, 0.25) is 10.0 Å². The molecule has 0 saturated carbocycles. The van der Waals surface area contributed by atoms with Crippen molar-refractivity contribution in [3.05, 3.63) is 68.5 Å². The second kappa shape index (κ2) is 7.67. The number of sulfone groups is 1. The zero-order chi connectivity index (χ0) is 19.8. The summed E-state index contributed by atoms with van der Waals surface area (Å²) in [6.45, 7) is 0.0892. The Morgan fingerprint density at radius 3 is 2.30 bits per heavy atom. The Kier molecular flexibility index (Phi) is 5.67. The quantitative estimate of drug-likeness (QED) is 0.646. The van der Waals surface area contributed by atoms with E-state index in [9.17, 15) is 18.0 Å². The maximum Gasteiger partial charge on any atom is 0.293 e. The molecule has 2 aromatic carbocycles. The van der Waals surface area contributed by atoms with Crippen LogP contribution in [-0.2, 0) is 21.2 Å². The molecular formula is C18H13Cl2NO4S2. The Morgan fingerprint density at radius 2 is 1.70 bits per heavy atom. The van der Waals surface area contributed by atoms with Crippen molar-refractivity contribution in [3.63, 3.8) is 0 Å². The highest BCUT2D eigenvalue weighted by atomic mass is 35.5. The molecule has 9 heteroatoms. The van der Waals surface area contributed by atoms with Crippen LogP contribution in [0.15, 0.2) is 52.3 Å². The molecule has 0 atom stereocenters. The lowest BCUT2D eigenvalue weighted by atomic mass is 10.2. The number of hydrogen-bond acceptors (Lipinski definition) is 5. The molecular weight excluding hydrogens is 429 g/mol. The summed E-state index contributed by atoms with van der Waals surface area (Å²) in [6, 6.07) is 11.0. The molecule has 3 rings (SSSR count). The van der Waals surface area contributed by atoms with Crippen molar-refractivity contribution in [1.82, 2.24) is 4.90 Å². The maximum atomic E-state index is 12.6. The zero-order valence-corrected chi connectivity index (χ0v) is 17.1. The summed E-state index contributed by atoms with van der Waals surface area (Å²) in [5, 5.41) is 0.361. The minimum Gasteiger partial charge on any atom is -0.268 e. The number of hydrogen-bond donors (Lipinski definition) is 0. The molecule has 1 fully saturated rings. The molecule has 2 amide bonds. The van der Waals surface area contributed by atoms with Crippen molar-refractivity contribution in [1.29, 1.82) is 0 Å². The lowest BCUT2D eigenvalue weighted by molar-refractivity contribution is -0.123. The fourth-order valence-corrected chi connectivity index (χ4v) is 4.21. The number of carbonyl (C=O) groups excluding carboxylic acids is 2. The van der Waals surface area contributed by atoms with Crippen LogP contribution in [0.3, 0.4) is 0 Å². The number of imide groups is 1. The summed E-state index contributed by atoms with van der Waals surface area (Å²) in [5.74, 6) is -0.414. The second-order valence-electron chi connectivity index (χ2n) is 5.86. The maximum absolute atomic E-state index is 12.6. The van der Waals surface area contributed by atoms with E-state index in [-0.39, 0.29) is 21.6 Å². The van der Waals surface area contributed by atoms with Crippen LogP contribution in [0.1, 0.15) is 11.1 Å². The molecule has 1 aliphatic heterocycles. The van der Waals surface area contributed by atoms with Crippen LogP contribution in [0, 0.1) is 0 Å². The Hall–Kier alpha value is -1.80. The first-order valence-corrected chi connectivity index (χ1v) is 11.1. The van der Waals surface area contributed by atoms with Gasteiger partial charge in [-0.05, 0) is 53.2 Å². The smallest absolute Gasteiger partial charge is 0.268 e. The first-order chi connectivity index (χ1) is 12.6. The summed E-state index contributed by atoms with van der Waals surface area (Å²) in [7, 11) is -3.29. The predicted octanol–water partition coefficient (Wildman–Crippen LogP) is 4.63. The molecule has 0 aliphatic carbocycles. The fourth-order valence-electron chi connectivity index (χ4n) is 2.42. The van der Waals surface area contributed by atoms with Crippen molar-refractivity contribution < 1.29 is 18.0 Å². The molecule has 1 aliphatic rings. The Bertz CT molecular complexity index is 1060. The number of carbonyl (C=O) groups is 2. The van der Waals surface area contributed by atoms with E-state index in [1.165, 1.54) is 12.1 Å². The van der Waals surface area contributed by atoms with Gasteiger partial charge in [0.25, 0.3) is 11.1 Å². The molecule has 0 spiro atoms. The van der Waals surface area contributed by atoms with Crippen LogP contribution in [-0.4, -0.2) is 30.7 Å². The van der Waals surface area contributed by atoms with Crippen LogP contribution in [0.25, 0.3) is 6.08 Å². The third-order valence-corrected chi connectivity index (χ3v) is 6.58. The zero-order valence-electron chi connectivity index (χ0n) is 14.0. The highest BCUT2D eigenvalue weighted by Crippen LogP contribution is 2.34. The normalized spacial score (nSPS) is 16.4. The third-order valence-electron chi connectivity index (χ3n) is 3.80. The average Bonchev–Trinajstić information content (AvgIpc) is 2.85. The van der Waals surface area contributed by atoms with E-state index in [0.29, 0.717) is 21.2 Å². The molecule has 27 heavy (non-hydrogen) atoms. The van der Waals surface area contributed by atoms with Gasteiger partial charge in [0.2, 0.25) is 0 Å². The van der Waals surface area contributed by atoms with Crippen molar-refractivity contribution in [2.24, 2.45) is 0 Å². The number of halogens is 2. The van der Waals surface area contributed by atoms with E-state index >= 15 is 0 Å². The van der Waals surface area contributed by atoms with Gasteiger partial charge in [-0.3, -0.25) is 14.5 Å². The average molecular weight is 442 g/mol. The van der Waals surface area contributed by atoms with E-state index in [1.807, 2.05) is 0 Å². The molecule has 140 valence electrons. The largest absolute Gasteiger partial charge is 0.293 e. The summed E-state index contributed by atoms with van der Waals surface area (Å²) in [6.07, 6.45) is 2.68. The Labute approximate surface area is 170 Å². The highest BCUT2D eigenvalue weighted by Gasteiger charge is 2.35. The number of benzene rings is 2. The van der Waals surface area contributed by atoms with Crippen LogP contribution in [0.4, 0.5) is 4.79 Å². The highest BCUT2D eigenvalue weighted by molar-refractivity contribution is 8.18. The summed E-state index contributed by atoms with van der Waals surface area (Å²) < 4.78 is 23.0. The molecule has 5 nitrogen and oxygen atoms in total.